The highest BCUT2D eigenvalue weighted by molar-refractivity contribution is 6.34. The molecule has 1 aliphatic heterocycles. The predicted molar refractivity (Wildman–Crippen MR) is 124 cm³/mol. The molecule has 1 N–H and O–H groups in total. The van der Waals surface area contributed by atoms with E-state index in [1.165, 1.54) is 4.90 Å². The van der Waals surface area contributed by atoms with E-state index in [0.29, 0.717) is 41.5 Å². The molecule has 166 valence electrons. The second-order valence-corrected chi connectivity index (χ2v) is 8.20. The summed E-state index contributed by atoms with van der Waals surface area (Å²) in [6.45, 7) is 4.88. The third-order valence-corrected chi connectivity index (χ3v) is 5.64. The lowest BCUT2D eigenvalue weighted by Crippen LogP contribution is -2.22. The van der Waals surface area contributed by atoms with Crippen molar-refractivity contribution in [3.63, 3.8) is 0 Å². The number of halogens is 1. The molecule has 8 heteroatoms. The molecular weight excluding hydrogens is 430 g/mol. The molecular formula is C24H24ClN3O4. The van der Waals surface area contributed by atoms with Gasteiger partial charge in [0, 0.05) is 42.9 Å². The van der Waals surface area contributed by atoms with Crippen LogP contribution in [0.4, 0.5) is 5.69 Å². The highest BCUT2D eigenvalue weighted by Crippen LogP contribution is 2.33. The standard InChI is InChI=1S/C24H24ClN3O4/c1-14-11-19(15(2)28(14)17-6-8-21-22(13-17)32-10-9-31-21)23(29)26-16-5-7-18(20(25)12-16)24(30)27(3)4/h5-8,11-13H,9-10H2,1-4H3,(H,26,29). The van der Waals surface area contributed by atoms with Crippen LogP contribution < -0.4 is 14.8 Å². The van der Waals surface area contributed by atoms with Crippen molar-refractivity contribution in [3.8, 4) is 17.2 Å². The Balaban J connectivity index is 1.60. The molecule has 0 radical (unpaired) electrons. The van der Waals surface area contributed by atoms with Crippen molar-refractivity contribution in [2.45, 2.75) is 13.8 Å². The smallest absolute Gasteiger partial charge is 0.257 e. The molecule has 4 rings (SSSR count). The molecule has 0 spiro atoms. The SMILES string of the molecule is Cc1cc(C(=O)Nc2ccc(C(=O)N(C)C)c(Cl)c2)c(C)n1-c1ccc2c(c1)OCCO2. The number of carbonyl (C=O) groups excluding carboxylic acids is 2. The van der Waals surface area contributed by atoms with Gasteiger partial charge in [-0.2, -0.15) is 0 Å². The van der Waals surface area contributed by atoms with E-state index in [1.807, 2.05) is 42.7 Å². The Hall–Kier alpha value is -3.45. The van der Waals surface area contributed by atoms with E-state index < -0.39 is 0 Å². The third kappa shape index (κ3) is 4.03. The second kappa shape index (κ2) is 8.59. The minimum Gasteiger partial charge on any atom is -0.486 e. The summed E-state index contributed by atoms with van der Waals surface area (Å²) in [6.07, 6.45) is 0. The van der Waals surface area contributed by atoms with E-state index in [2.05, 4.69) is 5.32 Å². The summed E-state index contributed by atoms with van der Waals surface area (Å²) < 4.78 is 13.3. The maximum atomic E-state index is 13.0. The number of ether oxygens (including phenoxy) is 2. The number of aryl methyl sites for hydroxylation is 1. The Bertz CT molecular complexity index is 1220. The zero-order chi connectivity index (χ0) is 23.0. The summed E-state index contributed by atoms with van der Waals surface area (Å²) >= 11 is 6.27. The van der Waals surface area contributed by atoms with Crippen molar-refractivity contribution >= 4 is 29.1 Å². The largest absolute Gasteiger partial charge is 0.486 e. The summed E-state index contributed by atoms with van der Waals surface area (Å²) in [6, 6.07) is 12.4. The fraction of sp³-hybridized carbons (Fsp3) is 0.250. The molecule has 1 aromatic heterocycles. The molecule has 0 fully saturated rings. The maximum Gasteiger partial charge on any atom is 0.257 e. The molecule has 0 atom stereocenters. The van der Waals surface area contributed by atoms with Crippen LogP contribution in [0.25, 0.3) is 5.69 Å². The second-order valence-electron chi connectivity index (χ2n) is 7.80. The first-order valence-electron chi connectivity index (χ1n) is 10.2. The minimum absolute atomic E-state index is 0.198. The topological polar surface area (TPSA) is 72.8 Å². The summed E-state index contributed by atoms with van der Waals surface area (Å²) in [5, 5.41) is 3.15. The molecule has 2 heterocycles. The van der Waals surface area contributed by atoms with Crippen LogP contribution in [0.5, 0.6) is 11.5 Å². The lowest BCUT2D eigenvalue weighted by molar-refractivity contribution is 0.0827. The number of carbonyl (C=O) groups is 2. The fourth-order valence-electron chi connectivity index (χ4n) is 3.77. The Morgan fingerprint density at radius 2 is 1.69 bits per heavy atom. The van der Waals surface area contributed by atoms with Crippen LogP contribution in [-0.4, -0.2) is 48.6 Å². The quantitative estimate of drug-likeness (QED) is 0.632. The number of hydrogen-bond acceptors (Lipinski definition) is 4. The molecule has 2 amide bonds. The van der Waals surface area contributed by atoms with Gasteiger partial charge in [0.25, 0.3) is 11.8 Å². The van der Waals surface area contributed by atoms with Gasteiger partial charge in [0.15, 0.2) is 11.5 Å². The van der Waals surface area contributed by atoms with E-state index in [4.69, 9.17) is 21.1 Å². The molecule has 2 aromatic carbocycles. The number of benzene rings is 2. The number of anilines is 1. The van der Waals surface area contributed by atoms with Gasteiger partial charge in [-0.1, -0.05) is 11.6 Å². The first-order valence-corrected chi connectivity index (χ1v) is 10.6. The van der Waals surface area contributed by atoms with Crippen LogP contribution in [0, 0.1) is 13.8 Å². The normalized spacial score (nSPS) is 12.4. The maximum absolute atomic E-state index is 13.0. The Labute approximate surface area is 191 Å². The number of aromatic nitrogens is 1. The Morgan fingerprint density at radius 3 is 2.38 bits per heavy atom. The molecule has 1 aliphatic rings. The zero-order valence-electron chi connectivity index (χ0n) is 18.4. The average Bonchev–Trinajstić information content (AvgIpc) is 3.07. The first-order chi connectivity index (χ1) is 15.3. The summed E-state index contributed by atoms with van der Waals surface area (Å²) in [5.41, 5.74) is 4.03. The molecule has 0 saturated heterocycles. The van der Waals surface area contributed by atoms with Crippen molar-refractivity contribution < 1.29 is 19.1 Å². The van der Waals surface area contributed by atoms with Crippen molar-refractivity contribution in [2.75, 3.05) is 32.6 Å². The van der Waals surface area contributed by atoms with Gasteiger partial charge in [0.05, 0.1) is 16.1 Å². The number of fused-ring (bicyclic) bond motifs is 1. The van der Waals surface area contributed by atoms with Gasteiger partial charge < -0.3 is 24.3 Å². The van der Waals surface area contributed by atoms with Crippen LogP contribution in [0.2, 0.25) is 5.02 Å². The van der Waals surface area contributed by atoms with Gasteiger partial charge in [0.2, 0.25) is 0 Å². The van der Waals surface area contributed by atoms with Gasteiger partial charge in [-0.15, -0.1) is 0 Å². The van der Waals surface area contributed by atoms with Crippen molar-refractivity contribution in [1.29, 1.82) is 0 Å². The van der Waals surface area contributed by atoms with Gasteiger partial charge in [-0.05, 0) is 50.2 Å². The van der Waals surface area contributed by atoms with Gasteiger partial charge >= 0.3 is 0 Å². The molecule has 0 aliphatic carbocycles. The monoisotopic (exact) mass is 453 g/mol. The molecule has 0 saturated carbocycles. The lowest BCUT2D eigenvalue weighted by Gasteiger charge is -2.20. The molecule has 3 aromatic rings. The van der Waals surface area contributed by atoms with Gasteiger partial charge in [0.1, 0.15) is 13.2 Å². The van der Waals surface area contributed by atoms with E-state index in [-0.39, 0.29) is 16.8 Å². The fourth-order valence-corrected chi connectivity index (χ4v) is 4.03. The van der Waals surface area contributed by atoms with Crippen molar-refractivity contribution in [1.82, 2.24) is 9.47 Å². The van der Waals surface area contributed by atoms with E-state index in [1.54, 1.807) is 32.3 Å². The lowest BCUT2D eigenvalue weighted by atomic mass is 10.1. The predicted octanol–water partition coefficient (Wildman–Crippen LogP) is 4.47. The van der Waals surface area contributed by atoms with Crippen LogP contribution >= 0.6 is 11.6 Å². The van der Waals surface area contributed by atoms with Gasteiger partial charge in [-0.3, -0.25) is 9.59 Å². The molecule has 7 nitrogen and oxygen atoms in total. The third-order valence-electron chi connectivity index (χ3n) is 5.32. The highest BCUT2D eigenvalue weighted by atomic mass is 35.5. The Kier molecular flexibility index (Phi) is 5.84. The number of hydrogen-bond donors (Lipinski definition) is 1. The number of nitrogens with zero attached hydrogens (tertiary/aromatic N) is 2. The summed E-state index contributed by atoms with van der Waals surface area (Å²) in [7, 11) is 3.32. The van der Waals surface area contributed by atoms with Crippen LogP contribution in [0.15, 0.2) is 42.5 Å². The highest BCUT2D eigenvalue weighted by Gasteiger charge is 2.20. The minimum atomic E-state index is -0.260. The first kappa shape index (κ1) is 21.8. The van der Waals surface area contributed by atoms with Crippen LogP contribution in [0.3, 0.4) is 0 Å². The van der Waals surface area contributed by atoms with Gasteiger partial charge in [-0.25, -0.2) is 0 Å². The summed E-state index contributed by atoms with van der Waals surface area (Å²) in [4.78, 5) is 26.6. The average molecular weight is 454 g/mol. The van der Waals surface area contributed by atoms with Crippen LogP contribution in [-0.2, 0) is 0 Å². The zero-order valence-corrected chi connectivity index (χ0v) is 19.1. The van der Waals surface area contributed by atoms with Crippen molar-refractivity contribution in [3.05, 3.63) is 70.0 Å². The summed E-state index contributed by atoms with van der Waals surface area (Å²) in [5.74, 6) is 0.947. The number of amides is 2. The molecule has 0 bridgehead atoms. The number of rotatable bonds is 4. The Morgan fingerprint density at radius 1 is 0.969 bits per heavy atom. The van der Waals surface area contributed by atoms with Crippen LogP contribution in [0.1, 0.15) is 32.1 Å². The van der Waals surface area contributed by atoms with E-state index >= 15 is 0 Å². The van der Waals surface area contributed by atoms with E-state index in [9.17, 15) is 9.59 Å². The molecule has 32 heavy (non-hydrogen) atoms. The number of nitrogens with one attached hydrogen (secondary N) is 1. The van der Waals surface area contributed by atoms with Crippen molar-refractivity contribution in [2.24, 2.45) is 0 Å². The molecule has 0 unspecified atom stereocenters. The van der Waals surface area contributed by atoms with E-state index in [0.717, 1.165) is 17.1 Å².